The summed E-state index contributed by atoms with van der Waals surface area (Å²) in [7, 11) is 0. The number of anilines is 1. The number of halogens is 1. The molecule has 0 bridgehead atoms. The van der Waals surface area contributed by atoms with Gasteiger partial charge < -0.3 is 16.0 Å². The van der Waals surface area contributed by atoms with Gasteiger partial charge in [-0.3, -0.25) is 14.4 Å². The molecule has 0 unspecified atom stereocenters. The fourth-order valence-corrected chi connectivity index (χ4v) is 2.94. The Balaban J connectivity index is 1.52. The SMILES string of the molecule is C[C@@H](NC(=O)CNC(=O)C1CC1)c1cccc(NC(=O)Cc2ccccc2F)c1. The van der Waals surface area contributed by atoms with E-state index >= 15 is 0 Å². The lowest BCUT2D eigenvalue weighted by Gasteiger charge is -2.16. The van der Waals surface area contributed by atoms with E-state index in [0.29, 0.717) is 11.3 Å². The second-order valence-corrected chi connectivity index (χ2v) is 7.22. The van der Waals surface area contributed by atoms with Gasteiger partial charge in [0.25, 0.3) is 0 Å². The summed E-state index contributed by atoms with van der Waals surface area (Å²) in [5.41, 5.74) is 1.69. The molecule has 1 atom stereocenters. The minimum Gasteiger partial charge on any atom is -0.348 e. The number of carbonyl (C=O) groups is 3. The number of rotatable bonds is 8. The standard InChI is InChI=1S/C22H24FN3O3/c1-14(25-21(28)13-24-22(29)15-9-10-15)16-6-4-7-18(11-16)26-20(27)12-17-5-2-3-8-19(17)23/h2-8,11,14-15H,9-10,12-13H2,1H3,(H,24,29)(H,25,28)(H,26,27)/t14-/m1/s1. The van der Waals surface area contributed by atoms with E-state index in [1.807, 2.05) is 13.0 Å². The van der Waals surface area contributed by atoms with Gasteiger partial charge >= 0.3 is 0 Å². The Labute approximate surface area is 168 Å². The summed E-state index contributed by atoms with van der Waals surface area (Å²) >= 11 is 0. The smallest absolute Gasteiger partial charge is 0.239 e. The van der Waals surface area contributed by atoms with E-state index < -0.39 is 5.82 Å². The van der Waals surface area contributed by atoms with Gasteiger partial charge in [-0.2, -0.15) is 0 Å². The largest absolute Gasteiger partial charge is 0.348 e. The Hall–Kier alpha value is -3.22. The first kappa shape index (κ1) is 20.5. The molecule has 3 amide bonds. The second kappa shape index (κ2) is 9.32. The van der Waals surface area contributed by atoms with E-state index in [9.17, 15) is 18.8 Å². The minimum absolute atomic E-state index is 0.0568. The summed E-state index contributed by atoms with van der Waals surface area (Å²) < 4.78 is 13.7. The Kier molecular flexibility index (Phi) is 6.59. The average molecular weight is 397 g/mol. The van der Waals surface area contributed by atoms with Gasteiger partial charge in [-0.15, -0.1) is 0 Å². The number of hydrogen-bond acceptors (Lipinski definition) is 3. The van der Waals surface area contributed by atoms with Gasteiger partial charge in [0.05, 0.1) is 19.0 Å². The summed E-state index contributed by atoms with van der Waals surface area (Å²) in [6.07, 6.45) is 1.71. The van der Waals surface area contributed by atoms with E-state index in [1.54, 1.807) is 36.4 Å². The second-order valence-electron chi connectivity index (χ2n) is 7.22. The van der Waals surface area contributed by atoms with Gasteiger partial charge in [0, 0.05) is 11.6 Å². The maximum Gasteiger partial charge on any atom is 0.239 e. The van der Waals surface area contributed by atoms with Crippen LogP contribution in [0.4, 0.5) is 10.1 Å². The molecule has 6 nitrogen and oxygen atoms in total. The van der Waals surface area contributed by atoms with Gasteiger partial charge in [-0.25, -0.2) is 4.39 Å². The molecule has 1 aliphatic rings. The first-order valence-electron chi connectivity index (χ1n) is 9.62. The predicted octanol–water partition coefficient (Wildman–Crippen LogP) is 2.71. The highest BCUT2D eigenvalue weighted by atomic mass is 19.1. The maximum absolute atomic E-state index is 13.7. The fraction of sp³-hybridized carbons (Fsp3) is 0.318. The summed E-state index contributed by atoms with van der Waals surface area (Å²) in [5.74, 6) is -1.04. The monoisotopic (exact) mass is 397 g/mol. The zero-order valence-corrected chi connectivity index (χ0v) is 16.2. The third-order valence-electron chi connectivity index (χ3n) is 4.73. The van der Waals surface area contributed by atoms with Crippen molar-refractivity contribution in [3.05, 3.63) is 65.5 Å². The molecule has 3 N–H and O–H groups in total. The molecule has 0 heterocycles. The van der Waals surface area contributed by atoms with Gasteiger partial charge in [-0.1, -0.05) is 30.3 Å². The Morgan fingerprint density at radius 3 is 2.55 bits per heavy atom. The molecule has 2 aromatic rings. The third kappa shape index (κ3) is 6.14. The van der Waals surface area contributed by atoms with Crippen LogP contribution in [0.1, 0.15) is 36.9 Å². The van der Waals surface area contributed by atoms with Crippen molar-refractivity contribution < 1.29 is 18.8 Å². The minimum atomic E-state index is -0.415. The molecule has 0 aromatic heterocycles. The van der Waals surface area contributed by atoms with Gasteiger partial charge in [0.15, 0.2) is 0 Å². The van der Waals surface area contributed by atoms with Crippen molar-refractivity contribution in [3.8, 4) is 0 Å². The highest BCUT2D eigenvalue weighted by molar-refractivity contribution is 5.92. The van der Waals surface area contributed by atoms with Crippen molar-refractivity contribution in [2.24, 2.45) is 5.92 Å². The molecule has 1 saturated carbocycles. The summed E-state index contributed by atoms with van der Waals surface area (Å²) in [5, 5.41) is 8.20. The zero-order valence-electron chi connectivity index (χ0n) is 16.2. The number of carbonyl (C=O) groups excluding carboxylic acids is 3. The molecule has 0 saturated heterocycles. The molecule has 0 radical (unpaired) electrons. The molecule has 1 aliphatic carbocycles. The molecule has 0 aliphatic heterocycles. The van der Waals surface area contributed by atoms with Crippen molar-refractivity contribution in [3.63, 3.8) is 0 Å². The molecular weight excluding hydrogens is 373 g/mol. The van der Waals surface area contributed by atoms with Crippen LogP contribution in [0.2, 0.25) is 0 Å². The summed E-state index contributed by atoms with van der Waals surface area (Å²) in [6, 6.07) is 12.9. The first-order valence-corrected chi connectivity index (χ1v) is 9.62. The highest BCUT2D eigenvalue weighted by Gasteiger charge is 2.29. The van der Waals surface area contributed by atoms with Crippen LogP contribution in [0, 0.1) is 11.7 Å². The normalized spacial score (nSPS) is 14.0. The van der Waals surface area contributed by atoms with Crippen molar-refractivity contribution in [1.82, 2.24) is 10.6 Å². The van der Waals surface area contributed by atoms with Crippen molar-refractivity contribution in [1.29, 1.82) is 0 Å². The average Bonchev–Trinajstić information content (AvgIpc) is 3.53. The van der Waals surface area contributed by atoms with E-state index in [-0.39, 0.29) is 42.6 Å². The number of hydrogen-bond donors (Lipinski definition) is 3. The van der Waals surface area contributed by atoms with Crippen LogP contribution in [0.15, 0.2) is 48.5 Å². The van der Waals surface area contributed by atoms with Crippen molar-refractivity contribution in [2.45, 2.75) is 32.2 Å². The van der Waals surface area contributed by atoms with E-state index in [1.165, 1.54) is 6.07 Å². The lowest BCUT2D eigenvalue weighted by molar-refractivity contribution is -0.127. The summed E-state index contributed by atoms with van der Waals surface area (Å²) in [4.78, 5) is 35.9. The molecule has 3 rings (SSSR count). The number of amides is 3. The van der Waals surface area contributed by atoms with Crippen molar-refractivity contribution in [2.75, 3.05) is 11.9 Å². The Morgan fingerprint density at radius 1 is 1.07 bits per heavy atom. The van der Waals surface area contributed by atoms with Crippen LogP contribution < -0.4 is 16.0 Å². The highest BCUT2D eigenvalue weighted by Crippen LogP contribution is 2.28. The van der Waals surface area contributed by atoms with Gasteiger partial charge in [0.1, 0.15) is 5.82 Å². The van der Waals surface area contributed by atoms with Crippen LogP contribution in [-0.2, 0) is 20.8 Å². The first-order chi connectivity index (χ1) is 13.9. The quantitative estimate of drug-likeness (QED) is 0.640. The fourth-order valence-electron chi connectivity index (χ4n) is 2.94. The van der Waals surface area contributed by atoms with Crippen LogP contribution in [0.3, 0.4) is 0 Å². The van der Waals surface area contributed by atoms with Crippen LogP contribution in [0.5, 0.6) is 0 Å². The lowest BCUT2D eigenvalue weighted by atomic mass is 10.1. The lowest BCUT2D eigenvalue weighted by Crippen LogP contribution is -2.38. The molecule has 0 spiro atoms. The Morgan fingerprint density at radius 2 is 1.83 bits per heavy atom. The molecule has 7 heteroatoms. The van der Waals surface area contributed by atoms with E-state index in [4.69, 9.17) is 0 Å². The molecule has 29 heavy (non-hydrogen) atoms. The van der Waals surface area contributed by atoms with Gasteiger partial charge in [-0.05, 0) is 49.1 Å². The molecular formula is C22H24FN3O3. The predicted molar refractivity (Wildman–Crippen MR) is 107 cm³/mol. The topological polar surface area (TPSA) is 87.3 Å². The summed E-state index contributed by atoms with van der Waals surface area (Å²) in [6.45, 7) is 1.76. The van der Waals surface area contributed by atoms with E-state index in [0.717, 1.165) is 18.4 Å². The van der Waals surface area contributed by atoms with Crippen molar-refractivity contribution >= 4 is 23.4 Å². The van der Waals surface area contributed by atoms with Crippen LogP contribution in [-0.4, -0.2) is 24.3 Å². The number of benzene rings is 2. The van der Waals surface area contributed by atoms with E-state index in [2.05, 4.69) is 16.0 Å². The number of nitrogens with one attached hydrogen (secondary N) is 3. The molecule has 152 valence electrons. The zero-order chi connectivity index (χ0) is 20.8. The van der Waals surface area contributed by atoms with Crippen LogP contribution in [0.25, 0.3) is 0 Å². The Bertz CT molecular complexity index is 912. The third-order valence-corrected chi connectivity index (χ3v) is 4.73. The van der Waals surface area contributed by atoms with Crippen LogP contribution >= 0.6 is 0 Å². The molecule has 1 fully saturated rings. The maximum atomic E-state index is 13.7. The molecule has 2 aromatic carbocycles. The van der Waals surface area contributed by atoms with Gasteiger partial charge in [0.2, 0.25) is 17.7 Å².